The maximum absolute atomic E-state index is 13.6. The van der Waals surface area contributed by atoms with Gasteiger partial charge in [-0.15, -0.1) is 0 Å². The van der Waals surface area contributed by atoms with Gasteiger partial charge >= 0.3 is 12.1 Å². The maximum atomic E-state index is 13.6. The molecule has 0 aromatic heterocycles. The monoisotopic (exact) mass is 477 g/mol. The Morgan fingerprint density at radius 2 is 1.59 bits per heavy atom. The number of amides is 3. The second-order valence-corrected chi connectivity index (χ2v) is 9.49. The summed E-state index contributed by atoms with van der Waals surface area (Å²) in [4.78, 5) is 52.4. The Labute approximate surface area is 202 Å². The molecule has 1 aromatic rings. The van der Waals surface area contributed by atoms with Crippen LogP contribution in [0.25, 0.3) is 0 Å². The van der Waals surface area contributed by atoms with E-state index in [1.807, 2.05) is 45.9 Å². The van der Waals surface area contributed by atoms with Crippen molar-refractivity contribution in [2.24, 2.45) is 0 Å². The Kier molecular flexibility index (Phi) is 10.5. The quantitative estimate of drug-likeness (QED) is 0.528. The minimum absolute atomic E-state index is 0.328. The van der Waals surface area contributed by atoms with E-state index in [9.17, 15) is 19.2 Å². The average molecular weight is 478 g/mol. The van der Waals surface area contributed by atoms with Crippen molar-refractivity contribution in [1.82, 2.24) is 15.5 Å². The average Bonchev–Trinajstić information content (AvgIpc) is 2.72. The van der Waals surface area contributed by atoms with Crippen LogP contribution in [-0.2, 0) is 23.9 Å². The molecular formula is C25H39N3O6. The Morgan fingerprint density at radius 3 is 2.06 bits per heavy atom. The van der Waals surface area contributed by atoms with Crippen LogP contribution in [0.2, 0.25) is 0 Å². The Balaban J connectivity index is 3.41. The van der Waals surface area contributed by atoms with Crippen LogP contribution in [0, 0.1) is 13.8 Å². The third-order valence-corrected chi connectivity index (χ3v) is 5.14. The van der Waals surface area contributed by atoms with Crippen LogP contribution < -0.4 is 10.6 Å². The number of nitrogens with one attached hydrogen (secondary N) is 2. The molecule has 1 rings (SSSR count). The van der Waals surface area contributed by atoms with E-state index in [4.69, 9.17) is 4.74 Å². The molecule has 34 heavy (non-hydrogen) atoms. The molecule has 1 aromatic carbocycles. The second kappa shape index (κ2) is 12.4. The molecule has 190 valence electrons. The van der Waals surface area contributed by atoms with Gasteiger partial charge in [0.25, 0.3) is 0 Å². The van der Waals surface area contributed by atoms with Crippen LogP contribution in [0.1, 0.15) is 70.7 Å². The molecule has 0 saturated heterocycles. The standard InChI is InChI=1S/C25H39N3O6/c1-10-17(4)28(23(31)18(5)27-24(32)34-25(6,7)8)21(22(30)26-14-20(29)33-9)19-12-15(2)11-16(3)13-19/h11-13,17-18,21H,10,14H2,1-9H3,(H,26,30)(H,27,32). The van der Waals surface area contributed by atoms with Crippen LogP contribution in [0.4, 0.5) is 4.79 Å². The van der Waals surface area contributed by atoms with Gasteiger partial charge in [-0.05, 0) is 60.5 Å². The first-order chi connectivity index (χ1) is 15.7. The van der Waals surface area contributed by atoms with E-state index in [1.54, 1.807) is 27.7 Å². The van der Waals surface area contributed by atoms with Crippen LogP contribution in [0.5, 0.6) is 0 Å². The van der Waals surface area contributed by atoms with Crippen molar-refractivity contribution in [3.8, 4) is 0 Å². The zero-order chi connectivity index (χ0) is 26.2. The lowest BCUT2D eigenvalue weighted by molar-refractivity contribution is -0.146. The number of rotatable bonds is 9. The number of nitrogens with zero attached hydrogens (tertiary/aromatic N) is 1. The highest BCUT2D eigenvalue weighted by atomic mass is 16.6. The van der Waals surface area contributed by atoms with Gasteiger partial charge in [-0.1, -0.05) is 36.2 Å². The first-order valence-corrected chi connectivity index (χ1v) is 11.4. The fourth-order valence-corrected chi connectivity index (χ4v) is 3.50. The number of carbonyl (C=O) groups is 4. The smallest absolute Gasteiger partial charge is 0.408 e. The molecule has 3 atom stereocenters. The van der Waals surface area contributed by atoms with E-state index >= 15 is 0 Å². The lowest BCUT2D eigenvalue weighted by Gasteiger charge is -2.37. The summed E-state index contributed by atoms with van der Waals surface area (Å²) in [5.74, 6) is -1.57. The fraction of sp³-hybridized carbons (Fsp3) is 0.600. The van der Waals surface area contributed by atoms with Gasteiger partial charge < -0.3 is 25.0 Å². The minimum atomic E-state index is -1.02. The number of carbonyl (C=O) groups excluding carboxylic acids is 4. The highest BCUT2D eigenvalue weighted by molar-refractivity contribution is 5.93. The molecule has 0 aliphatic carbocycles. The van der Waals surface area contributed by atoms with Gasteiger partial charge in [-0.3, -0.25) is 14.4 Å². The van der Waals surface area contributed by atoms with Crippen molar-refractivity contribution in [2.75, 3.05) is 13.7 Å². The van der Waals surface area contributed by atoms with Gasteiger partial charge in [0.2, 0.25) is 11.8 Å². The lowest BCUT2D eigenvalue weighted by atomic mass is 9.97. The number of hydrogen-bond donors (Lipinski definition) is 2. The predicted molar refractivity (Wildman–Crippen MR) is 129 cm³/mol. The molecule has 9 nitrogen and oxygen atoms in total. The van der Waals surface area contributed by atoms with E-state index in [0.717, 1.165) is 11.1 Å². The topological polar surface area (TPSA) is 114 Å². The van der Waals surface area contributed by atoms with Gasteiger partial charge in [0.15, 0.2) is 0 Å². The van der Waals surface area contributed by atoms with Gasteiger partial charge in [-0.2, -0.15) is 0 Å². The van der Waals surface area contributed by atoms with E-state index in [2.05, 4.69) is 15.4 Å². The van der Waals surface area contributed by atoms with E-state index in [-0.39, 0.29) is 12.6 Å². The third-order valence-electron chi connectivity index (χ3n) is 5.14. The molecule has 0 spiro atoms. The summed E-state index contributed by atoms with van der Waals surface area (Å²) < 4.78 is 9.90. The zero-order valence-electron chi connectivity index (χ0n) is 21.8. The molecular weight excluding hydrogens is 438 g/mol. The summed E-state index contributed by atoms with van der Waals surface area (Å²) >= 11 is 0. The van der Waals surface area contributed by atoms with Crippen molar-refractivity contribution < 1.29 is 28.7 Å². The Bertz CT molecular complexity index is 873. The van der Waals surface area contributed by atoms with Gasteiger partial charge in [0, 0.05) is 6.04 Å². The van der Waals surface area contributed by atoms with E-state index in [0.29, 0.717) is 12.0 Å². The van der Waals surface area contributed by atoms with Gasteiger partial charge in [0.1, 0.15) is 24.2 Å². The fourth-order valence-electron chi connectivity index (χ4n) is 3.50. The summed E-state index contributed by atoms with van der Waals surface area (Å²) in [5.41, 5.74) is 1.74. The highest BCUT2D eigenvalue weighted by Gasteiger charge is 2.37. The number of aryl methyl sites for hydroxylation is 2. The third kappa shape index (κ3) is 8.68. The van der Waals surface area contributed by atoms with E-state index in [1.165, 1.54) is 12.0 Å². The lowest BCUT2D eigenvalue weighted by Crippen LogP contribution is -2.54. The molecule has 2 N–H and O–H groups in total. The molecule has 3 unspecified atom stereocenters. The molecule has 3 amide bonds. The number of ether oxygens (including phenoxy) is 2. The SMILES string of the molecule is CCC(C)N(C(=O)C(C)NC(=O)OC(C)(C)C)C(C(=O)NCC(=O)OC)c1cc(C)cc(C)c1. The molecule has 0 heterocycles. The normalized spacial score (nSPS) is 13.8. The van der Waals surface area contributed by atoms with Crippen LogP contribution in [-0.4, -0.2) is 60.1 Å². The van der Waals surface area contributed by atoms with Crippen LogP contribution in [0.3, 0.4) is 0 Å². The largest absolute Gasteiger partial charge is 0.468 e. The van der Waals surface area contributed by atoms with Crippen molar-refractivity contribution in [2.45, 2.75) is 85.5 Å². The maximum Gasteiger partial charge on any atom is 0.408 e. The number of esters is 1. The molecule has 0 fully saturated rings. The van der Waals surface area contributed by atoms with Crippen molar-refractivity contribution in [3.05, 3.63) is 34.9 Å². The molecule has 9 heteroatoms. The first kappa shape index (κ1) is 28.9. The summed E-state index contributed by atoms with van der Waals surface area (Å²) in [6.07, 6.45) is -0.160. The number of benzene rings is 1. The van der Waals surface area contributed by atoms with Crippen LogP contribution in [0.15, 0.2) is 18.2 Å². The molecule has 0 saturated carbocycles. The number of hydrogen-bond acceptors (Lipinski definition) is 6. The molecule has 0 aliphatic heterocycles. The first-order valence-electron chi connectivity index (χ1n) is 11.4. The van der Waals surface area contributed by atoms with E-state index < -0.39 is 41.6 Å². The Hall–Kier alpha value is -3.10. The number of alkyl carbamates (subject to hydrolysis) is 1. The molecule has 0 bridgehead atoms. The van der Waals surface area contributed by atoms with Crippen molar-refractivity contribution in [1.29, 1.82) is 0 Å². The summed E-state index contributed by atoms with van der Waals surface area (Å²) in [6, 6.07) is 3.33. The van der Waals surface area contributed by atoms with Gasteiger partial charge in [0.05, 0.1) is 7.11 Å². The van der Waals surface area contributed by atoms with Crippen LogP contribution >= 0.6 is 0 Å². The minimum Gasteiger partial charge on any atom is -0.468 e. The zero-order valence-corrected chi connectivity index (χ0v) is 21.8. The van der Waals surface area contributed by atoms with Gasteiger partial charge in [-0.25, -0.2) is 4.79 Å². The molecule has 0 radical (unpaired) electrons. The second-order valence-electron chi connectivity index (χ2n) is 9.49. The predicted octanol–water partition coefficient (Wildman–Crippen LogP) is 3.17. The number of methoxy groups -OCH3 is 1. The van der Waals surface area contributed by atoms with Crippen molar-refractivity contribution >= 4 is 23.9 Å². The Morgan fingerprint density at radius 1 is 1.03 bits per heavy atom. The summed E-state index contributed by atoms with van der Waals surface area (Å²) in [7, 11) is 1.23. The molecule has 0 aliphatic rings. The van der Waals surface area contributed by atoms with Crippen molar-refractivity contribution in [3.63, 3.8) is 0 Å². The highest BCUT2D eigenvalue weighted by Crippen LogP contribution is 2.27. The summed E-state index contributed by atoms with van der Waals surface area (Å²) in [6.45, 7) is 14.0. The summed E-state index contributed by atoms with van der Waals surface area (Å²) in [5, 5.41) is 5.14.